The molecule has 0 spiro atoms. The number of aliphatic carboxylic acids is 1. The Kier molecular flexibility index (Phi) is 3.70. The van der Waals surface area contributed by atoms with E-state index in [2.05, 4.69) is 10.2 Å². The molecule has 0 atom stereocenters. The first-order valence-electron chi connectivity index (χ1n) is 6.26. The molecule has 0 fully saturated rings. The fourth-order valence-corrected chi connectivity index (χ4v) is 2.70. The molecular weight excluding hydrogens is 294 g/mol. The third-order valence-corrected chi connectivity index (χ3v) is 3.96. The number of hydrogen-bond acceptors (Lipinski definition) is 6. The average molecular weight is 307 g/mol. The number of rotatable bonds is 5. The molecule has 1 N–H and O–H groups in total. The predicted octanol–water partition coefficient (Wildman–Crippen LogP) is 1.54. The lowest BCUT2D eigenvalue weighted by atomic mass is 10.2. The second-order valence-electron chi connectivity index (χ2n) is 4.49. The maximum Gasteiger partial charge on any atom is 0.313 e. The number of aromatic nitrogens is 3. The van der Waals surface area contributed by atoms with Gasteiger partial charge in [0.1, 0.15) is 5.82 Å². The minimum Gasteiger partial charge on any atom is -0.481 e. The third kappa shape index (κ3) is 2.94. The number of carboxylic acids is 1. The molecule has 1 aliphatic rings. The third-order valence-electron chi connectivity index (χ3n) is 3.00. The van der Waals surface area contributed by atoms with E-state index in [-0.39, 0.29) is 12.5 Å². The number of fused-ring (bicyclic) bond motifs is 1. The van der Waals surface area contributed by atoms with Gasteiger partial charge in [0.2, 0.25) is 6.79 Å². The molecule has 0 aliphatic carbocycles. The molecule has 2 aromatic rings. The lowest BCUT2D eigenvalue weighted by molar-refractivity contribution is -0.133. The van der Waals surface area contributed by atoms with E-state index in [0.717, 1.165) is 34.6 Å². The molecule has 0 saturated heterocycles. The first kappa shape index (κ1) is 13.7. The molecule has 0 bridgehead atoms. The van der Waals surface area contributed by atoms with E-state index in [0.29, 0.717) is 11.7 Å². The lowest BCUT2D eigenvalue weighted by Crippen LogP contribution is -2.06. The summed E-state index contributed by atoms with van der Waals surface area (Å²) in [5, 5.41) is 17.4. The van der Waals surface area contributed by atoms with Crippen LogP contribution in [-0.2, 0) is 11.3 Å². The largest absolute Gasteiger partial charge is 0.481 e. The van der Waals surface area contributed by atoms with Gasteiger partial charge < -0.3 is 19.1 Å². The van der Waals surface area contributed by atoms with Crippen molar-refractivity contribution in [2.75, 3.05) is 12.5 Å². The molecule has 2 heterocycles. The summed E-state index contributed by atoms with van der Waals surface area (Å²) < 4.78 is 12.5. The Balaban J connectivity index is 1.81. The van der Waals surface area contributed by atoms with Crippen molar-refractivity contribution in [3.05, 3.63) is 29.6 Å². The number of carboxylic acid groups (broad SMARTS) is 1. The van der Waals surface area contributed by atoms with Crippen molar-refractivity contribution in [2.45, 2.75) is 18.6 Å². The highest BCUT2D eigenvalue weighted by atomic mass is 32.2. The zero-order valence-corrected chi connectivity index (χ0v) is 12.1. The number of carbonyl (C=O) groups is 1. The zero-order chi connectivity index (χ0) is 14.8. The summed E-state index contributed by atoms with van der Waals surface area (Å²) in [4.78, 5) is 10.7. The van der Waals surface area contributed by atoms with Gasteiger partial charge in [-0.15, -0.1) is 10.2 Å². The summed E-state index contributed by atoms with van der Waals surface area (Å²) in [6.45, 7) is 2.63. The number of thioether (sulfide) groups is 1. The smallest absolute Gasteiger partial charge is 0.313 e. The molecule has 1 aromatic heterocycles. The van der Waals surface area contributed by atoms with E-state index >= 15 is 0 Å². The van der Waals surface area contributed by atoms with Gasteiger partial charge >= 0.3 is 5.97 Å². The Labute approximate surface area is 124 Å². The molecule has 1 aromatic carbocycles. The SMILES string of the molecule is Cc1nnc(SCC(=O)O)n1Cc1ccc2c(c1)OCO2. The van der Waals surface area contributed by atoms with Gasteiger partial charge in [-0.1, -0.05) is 17.8 Å². The normalized spacial score (nSPS) is 12.6. The number of benzene rings is 1. The van der Waals surface area contributed by atoms with Crippen molar-refractivity contribution >= 4 is 17.7 Å². The van der Waals surface area contributed by atoms with Crippen LogP contribution in [0.2, 0.25) is 0 Å². The van der Waals surface area contributed by atoms with Crippen LogP contribution < -0.4 is 9.47 Å². The monoisotopic (exact) mass is 307 g/mol. The van der Waals surface area contributed by atoms with Crippen LogP contribution in [0.1, 0.15) is 11.4 Å². The Hall–Kier alpha value is -2.22. The van der Waals surface area contributed by atoms with E-state index in [4.69, 9.17) is 14.6 Å². The quantitative estimate of drug-likeness (QED) is 0.838. The highest BCUT2D eigenvalue weighted by Crippen LogP contribution is 2.33. The van der Waals surface area contributed by atoms with E-state index in [1.807, 2.05) is 29.7 Å². The molecule has 110 valence electrons. The van der Waals surface area contributed by atoms with E-state index in [1.54, 1.807) is 0 Å². The lowest BCUT2D eigenvalue weighted by Gasteiger charge is -2.08. The first-order chi connectivity index (χ1) is 10.1. The summed E-state index contributed by atoms with van der Waals surface area (Å²) in [5.74, 6) is 1.27. The molecule has 3 rings (SSSR count). The van der Waals surface area contributed by atoms with Crippen LogP contribution in [0.3, 0.4) is 0 Å². The van der Waals surface area contributed by atoms with Gasteiger partial charge in [0.25, 0.3) is 0 Å². The summed E-state index contributed by atoms with van der Waals surface area (Å²) in [6.07, 6.45) is 0. The van der Waals surface area contributed by atoms with E-state index in [9.17, 15) is 4.79 Å². The fraction of sp³-hybridized carbons (Fsp3) is 0.308. The average Bonchev–Trinajstić information content (AvgIpc) is 3.04. The zero-order valence-electron chi connectivity index (χ0n) is 11.3. The number of aryl methyl sites for hydroxylation is 1. The van der Waals surface area contributed by atoms with Crippen molar-refractivity contribution in [1.29, 1.82) is 0 Å². The van der Waals surface area contributed by atoms with Gasteiger partial charge in [0.05, 0.1) is 12.3 Å². The van der Waals surface area contributed by atoms with Gasteiger partial charge in [0, 0.05) is 0 Å². The number of ether oxygens (including phenoxy) is 2. The van der Waals surface area contributed by atoms with Crippen LogP contribution in [0.5, 0.6) is 11.5 Å². The predicted molar refractivity (Wildman–Crippen MR) is 74.8 cm³/mol. The van der Waals surface area contributed by atoms with Crippen LogP contribution in [0, 0.1) is 6.92 Å². The van der Waals surface area contributed by atoms with Crippen LogP contribution in [0.15, 0.2) is 23.4 Å². The Bertz CT molecular complexity index is 686. The van der Waals surface area contributed by atoms with Crippen LogP contribution in [0.4, 0.5) is 0 Å². The second-order valence-corrected chi connectivity index (χ2v) is 5.43. The van der Waals surface area contributed by atoms with Crippen LogP contribution in [0.25, 0.3) is 0 Å². The molecule has 0 unspecified atom stereocenters. The first-order valence-corrected chi connectivity index (χ1v) is 7.25. The number of nitrogens with zero attached hydrogens (tertiary/aromatic N) is 3. The fourth-order valence-electron chi connectivity index (χ4n) is 2.00. The maximum atomic E-state index is 10.7. The van der Waals surface area contributed by atoms with Gasteiger partial charge in [-0.2, -0.15) is 0 Å². The Morgan fingerprint density at radius 3 is 3.00 bits per heavy atom. The highest BCUT2D eigenvalue weighted by Gasteiger charge is 2.15. The summed E-state index contributed by atoms with van der Waals surface area (Å²) in [5.41, 5.74) is 1.01. The molecule has 8 heteroatoms. The summed E-state index contributed by atoms with van der Waals surface area (Å²) in [6, 6.07) is 5.72. The minimum absolute atomic E-state index is 0.0424. The maximum absolute atomic E-state index is 10.7. The van der Waals surface area contributed by atoms with Crippen LogP contribution in [-0.4, -0.2) is 38.4 Å². The summed E-state index contributed by atoms with van der Waals surface area (Å²) >= 11 is 1.15. The van der Waals surface area contributed by atoms with Gasteiger partial charge in [-0.25, -0.2) is 0 Å². The molecule has 21 heavy (non-hydrogen) atoms. The minimum atomic E-state index is -0.879. The topological polar surface area (TPSA) is 86.5 Å². The van der Waals surface area contributed by atoms with E-state index in [1.165, 1.54) is 0 Å². The molecular formula is C13H13N3O4S. The van der Waals surface area contributed by atoms with Gasteiger partial charge in [-0.05, 0) is 24.6 Å². The summed E-state index contributed by atoms with van der Waals surface area (Å²) in [7, 11) is 0. The molecule has 0 amide bonds. The Morgan fingerprint density at radius 2 is 2.19 bits per heavy atom. The van der Waals surface area contributed by atoms with Crippen molar-refractivity contribution < 1.29 is 19.4 Å². The van der Waals surface area contributed by atoms with Gasteiger partial charge in [-0.3, -0.25) is 4.79 Å². The van der Waals surface area contributed by atoms with Crippen molar-refractivity contribution in [1.82, 2.24) is 14.8 Å². The van der Waals surface area contributed by atoms with Crippen molar-refractivity contribution in [3.8, 4) is 11.5 Å². The molecule has 0 saturated carbocycles. The van der Waals surface area contributed by atoms with Crippen molar-refractivity contribution in [2.24, 2.45) is 0 Å². The van der Waals surface area contributed by atoms with E-state index < -0.39 is 5.97 Å². The molecule has 1 aliphatic heterocycles. The standard InChI is InChI=1S/C13H13N3O4S/c1-8-14-15-13(21-6-12(17)18)16(8)5-9-2-3-10-11(4-9)20-7-19-10/h2-4H,5-7H2,1H3,(H,17,18). The number of hydrogen-bond donors (Lipinski definition) is 1. The second kappa shape index (κ2) is 5.65. The van der Waals surface area contributed by atoms with Crippen LogP contribution >= 0.6 is 11.8 Å². The Morgan fingerprint density at radius 1 is 1.38 bits per heavy atom. The van der Waals surface area contributed by atoms with Crippen molar-refractivity contribution in [3.63, 3.8) is 0 Å². The molecule has 7 nitrogen and oxygen atoms in total. The van der Waals surface area contributed by atoms with Gasteiger partial charge in [0.15, 0.2) is 16.7 Å². The highest BCUT2D eigenvalue weighted by molar-refractivity contribution is 7.99. The molecule has 0 radical (unpaired) electrons.